The molecule has 0 aliphatic rings. The summed E-state index contributed by atoms with van der Waals surface area (Å²) in [5, 5.41) is 11.1. The third-order valence-electron chi connectivity index (χ3n) is 3.29. The molecule has 0 bridgehead atoms. The zero-order valence-electron chi connectivity index (χ0n) is 13.6. The number of benzene rings is 2. The number of ether oxygens (including phenoxy) is 2. The van der Waals surface area contributed by atoms with Gasteiger partial charge in [-0.15, -0.1) is 0 Å². The minimum atomic E-state index is -0.272. The second-order valence-corrected chi connectivity index (χ2v) is 5.27. The van der Waals surface area contributed by atoms with E-state index in [0.717, 1.165) is 17.1 Å². The highest BCUT2D eigenvalue weighted by molar-refractivity contribution is 5.77. The molecule has 0 saturated heterocycles. The maximum atomic E-state index is 11.2. The van der Waals surface area contributed by atoms with Gasteiger partial charge < -0.3 is 14.8 Å². The van der Waals surface area contributed by atoms with Crippen molar-refractivity contribution in [3.63, 3.8) is 0 Å². The molecule has 1 amide bonds. The van der Waals surface area contributed by atoms with Crippen LogP contribution in [0.4, 0.5) is 0 Å². The normalized spacial score (nSPS) is 9.83. The van der Waals surface area contributed by atoms with E-state index in [9.17, 15) is 4.79 Å². The van der Waals surface area contributed by atoms with E-state index in [1.54, 1.807) is 0 Å². The fourth-order valence-electron chi connectivity index (χ4n) is 1.99. The van der Waals surface area contributed by atoms with Gasteiger partial charge in [-0.05, 0) is 36.8 Å². The lowest BCUT2D eigenvalue weighted by Gasteiger charge is -2.09. The molecule has 5 nitrogen and oxygen atoms in total. The fraction of sp³-hybridized carbons (Fsp3) is 0.263. The molecule has 0 aromatic heterocycles. The molecule has 0 atom stereocenters. The van der Waals surface area contributed by atoms with Crippen LogP contribution in [0.15, 0.2) is 48.5 Å². The van der Waals surface area contributed by atoms with Gasteiger partial charge in [-0.3, -0.25) is 4.79 Å². The molecule has 0 fully saturated rings. The molecular formula is C19H20N2O3. The number of carbonyl (C=O) groups is 1. The zero-order valence-corrected chi connectivity index (χ0v) is 13.6. The van der Waals surface area contributed by atoms with Gasteiger partial charge in [0, 0.05) is 6.54 Å². The number of nitrogens with zero attached hydrogens (tertiary/aromatic N) is 1. The van der Waals surface area contributed by atoms with Gasteiger partial charge in [0.05, 0.1) is 6.07 Å². The van der Waals surface area contributed by atoms with E-state index in [1.807, 2.05) is 61.5 Å². The number of hydrogen-bond donors (Lipinski definition) is 1. The first-order valence-electron chi connectivity index (χ1n) is 7.72. The highest BCUT2D eigenvalue weighted by Crippen LogP contribution is 2.13. The van der Waals surface area contributed by atoms with Crippen molar-refractivity contribution in [2.75, 3.05) is 13.2 Å². The molecule has 0 radical (unpaired) electrons. The number of rotatable bonds is 8. The second kappa shape index (κ2) is 9.21. The van der Waals surface area contributed by atoms with E-state index in [2.05, 4.69) is 5.32 Å². The summed E-state index contributed by atoms with van der Waals surface area (Å²) in [5.74, 6) is 1.30. The number of hydrogen-bond acceptors (Lipinski definition) is 4. The first kappa shape index (κ1) is 17.4. The molecule has 2 rings (SSSR count). The summed E-state index contributed by atoms with van der Waals surface area (Å²) in [5.41, 5.74) is 2.15. The molecule has 0 aliphatic heterocycles. The van der Waals surface area contributed by atoms with Crippen LogP contribution in [0.2, 0.25) is 0 Å². The summed E-state index contributed by atoms with van der Waals surface area (Å²) < 4.78 is 11.2. The standard InChI is InChI=1S/C19H20N2O3/c1-15-2-6-17(7-3-15)23-12-13-24-18-8-4-16(5-9-18)14-21-19(22)10-11-20/h2-9H,10,12-14H2,1H3,(H,21,22). The third kappa shape index (κ3) is 6.01. The number of carbonyl (C=O) groups excluding carboxylic acids is 1. The minimum Gasteiger partial charge on any atom is -0.490 e. The maximum Gasteiger partial charge on any atom is 0.234 e. The van der Waals surface area contributed by atoms with E-state index in [-0.39, 0.29) is 12.3 Å². The van der Waals surface area contributed by atoms with Gasteiger partial charge in [-0.1, -0.05) is 29.8 Å². The maximum absolute atomic E-state index is 11.2. The summed E-state index contributed by atoms with van der Waals surface area (Å²) >= 11 is 0. The molecular weight excluding hydrogens is 304 g/mol. The topological polar surface area (TPSA) is 71.3 Å². The average Bonchev–Trinajstić information content (AvgIpc) is 2.60. The molecule has 124 valence electrons. The summed E-state index contributed by atoms with van der Waals surface area (Å²) in [6, 6.07) is 17.1. The van der Waals surface area contributed by atoms with Crippen LogP contribution in [-0.2, 0) is 11.3 Å². The molecule has 0 saturated carbocycles. The predicted molar refractivity (Wildman–Crippen MR) is 90.7 cm³/mol. The van der Waals surface area contributed by atoms with Crippen LogP contribution in [0.1, 0.15) is 17.5 Å². The van der Waals surface area contributed by atoms with Crippen LogP contribution in [0, 0.1) is 18.3 Å². The van der Waals surface area contributed by atoms with E-state index in [1.165, 1.54) is 5.56 Å². The Morgan fingerprint density at radius 2 is 1.54 bits per heavy atom. The van der Waals surface area contributed by atoms with Crippen LogP contribution in [0.5, 0.6) is 11.5 Å². The predicted octanol–water partition coefficient (Wildman–Crippen LogP) is 2.98. The summed E-state index contributed by atoms with van der Waals surface area (Å²) in [4.78, 5) is 11.2. The largest absolute Gasteiger partial charge is 0.490 e. The highest BCUT2D eigenvalue weighted by Gasteiger charge is 2.01. The Bertz CT molecular complexity index is 688. The molecule has 1 N–H and O–H groups in total. The van der Waals surface area contributed by atoms with Crippen LogP contribution in [-0.4, -0.2) is 19.1 Å². The van der Waals surface area contributed by atoms with Crippen LogP contribution >= 0.6 is 0 Å². The number of nitriles is 1. The van der Waals surface area contributed by atoms with Crippen LogP contribution in [0.3, 0.4) is 0 Å². The molecule has 2 aromatic carbocycles. The lowest BCUT2D eigenvalue weighted by atomic mass is 10.2. The Kier molecular flexibility index (Phi) is 6.66. The number of amides is 1. The lowest BCUT2D eigenvalue weighted by Crippen LogP contribution is -2.21. The Labute approximate surface area is 141 Å². The van der Waals surface area contributed by atoms with Crippen molar-refractivity contribution < 1.29 is 14.3 Å². The monoisotopic (exact) mass is 324 g/mol. The van der Waals surface area contributed by atoms with E-state index >= 15 is 0 Å². The van der Waals surface area contributed by atoms with Crippen molar-refractivity contribution in [2.24, 2.45) is 0 Å². The lowest BCUT2D eigenvalue weighted by molar-refractivity contribution is -0.120. The number of aryl methyl sites for hydroxylation is 1. The van der Waals surface area contributed by atoms with Gasteiger partial charge in [-0.2, -0.15) is 5.26 Å². The summed E-state index contributed by atoms with van der Waals surface area (Å²) in [6.07, 6.45) is -0.123. The SMILES string of the molecule is Cc1ccc(OCCOc2ccc(CNC(=O)CC#N)cc2)cc1. The average molecular weight is 324 g/mol. The van der Waals surface area contributed by atoms with E-state index < -0.39 is 0 Å². The van der Waals surface area contributed by atoms with Crippen molar-refractivity contribution in [1.29, 1.82) is 5.26 Å². The quantitative estimate of drug-likeness (QED) is 0.758. The molecule has 0 heterocycles. The molecule has 0 unspecified atom stereocenters. The Hall–Kier alpha value is -3.00. The molecule has 5 heteroatoms. The van der Waals surface area contributed by atoms with Crippen molar-refractivity contribution in [2.45, 2.75) is 19.9 Å². The Balaban J connectivity index is 1.69. The molecule has 2 aromatic rings. The van der Waals surface area contributed by atoms with Gasteiger partial charge in [0.15, 0.2) is 0 Å². The smallest absolute Gasteiger partial charge is 0.234 e. The van der Waals surface area contributed by atoms with Crippen molar-refractivity contribution >= 4 is 5.91 Å². The Morgan fingerprint density at radius 1 is 1.00 bits per heavy atom. The second-order valence-electron chi connectivity index (χ2n) is 5.27. The molecule has 0 aliphatic carbocycles. The summed E-state index contributed by atoms with van der Waals surface area (Å²) in [6.45, 7) is 3.35. The minimum absolute atomic E-state index is 0.123. The first-order chi connectivity index (χ1) is 11.7. The van der Waals surface area contributed by atoms with Gasteiger partial charge in [-0.25, -0.2) is 0 Å². The van der Waals surface area contributed by atoms with Crippen LogP contribution in [0.25, 0.3) is 0 Å². The number of nitrogens with one attached hydrogen (secondary N) is 1. The third-order valence-corrected chi connectivity index (χ3v) is 3.29. The first-order valence-corrected chi connectivity index (χ1v) is 7.72. The van der Waals surface area contributed by atoms with Gasteiger partial charge in [0.25, 0.3) is 0 Å². The van der Waals surface area contributed by atoms with Gasteiger partial charge >= 0.3 is 0 Å². The molecule has 24 heavy (non-hydrogen) atoms. The van der Waals surface area contributed by atoms with Gasteiger partial charge in [0.2, 0.25) is 5.91 Å². The van der Waals surface area contributed by atoms with E-state index in [0.29, 0.717) is 19.8 Å². The van der Waals surface area contributed by atoms with Crippen molar-refractivity contribution in [3.05, 3.63) is 59.7 Å². The van der Waals surface area contributed by atoms with E-state index in [4.69, 9.17) is 14.7 Å². The van der Waals surface area contributed by atoms with Crippen molar-refractivity contribution in [3.8, 4) is 17.6 Å². The van der Waals surface area contributed by atoms with Gasteiger partial charge in [0.1, 0.15) is 31.1 Å². The molecule has 0 spiro atoms. The van der Waals surface area contributed by atoms with Crippen LogP contribution < -0.4 is 14.8 Å². The Morgan fingerprint density at radius 3 is 2.08 bits per heavy atom. The fourth-order valence-corrected chi connectivity index (χ4v) is 1.99. The zero-order chi connectivity index (χ0) is 17.2. The summed E-state index contributed by atoms with van der Waals surface area (Å²) in [7, 11) is 0. The van der Waals surface area contributed by atoms with Crippen molar-refractivity contribution in [1.82, 2.24) is 5.32 Å². The highest BCUT2D eigenvalue weighted by atomic mass is 16.5.